The molecular weight excluding hydrogens is 272 g/mol. The van der Waals surface area contributed by atoms with Gasteiger partial charge in [0.25, 0.3) is 0 Å². The summed E-state index contributed by atoms with van der Waals surface area (Å²) in [5.41, 5.74) is 0.700. The van der Waals surface area contributed by atoms with Gasteiger partial charge in [0.2, 0.25) is 0 Å². The van der Waals surface area contributed by atoms with E-state index in [2.05, 4.69) is 12.2 Å². The topological polar surface area (TPSA) is 56.0 Å². The number of nitriles is 1. The first kappa shape index (κ1) is 15.2. The van der Waals surface area contributed by atoms with Crippen LogP contribution in [0.5, 0.6) is 0 Å². The monoisotopic (exact) mass is 292 g/mol. The third-order valence-corrected chi connectivity index (χ3v) is 4.64. The number of aliphatic hydroxyl groups is 1. The van der Waals surface area contributed by atoms with E-state index in [9.17, 15) is 5.11 Å². The normalized spacial score (nSPS) is 26.0. The molecule has 20 heavy (non-hydrogen) atoms. The van der Waals surface area contributed by atoms with Crippen LogP contribution in [0.1, 0.15) is 44.6 Å². The smallest absolute Gasteiger partial charge is 0.101 e. The van der Waals surface area contributed by atoms with Gasteiger partial charge in [-0.15, -0.1) is 0 Å². The first-order valence-electron chi connectivity index (χ1n) is 7.22. The summed E-state index contributed by atoms with van der Waals surface area (Å²) < 4.78 is 0. The average molecular weight is 293 g/mol. The third kappa shape index (κ3) is 3.65. The van der Waals surface area contributed by atoms with Gasteiger partial charge in [0, 0.05) is 12.2 Å². The fraction of sp³-hybridized carbons (Fsp3) is 0.562. The molecule has 2 N–H and O–H groups in total. The molecule has 0 atom stereocenters. The summed E-state index contributed by atoms with van der Waals surface area (Å²) in [5.74, 6) is 0.764. The van der Waals surface area contributed by atoms with Gasteiger partial charge in [-0.2, -0.15) is 5.26 Å². The minimum Gasteiger partial charge on any atom is -0.388 e. The molecule has 3 nitrogen and oxygen atoms in total. The summed E-state index contributed by atoms with van der Waals surface area (Å²) >= 11 is 6.00. The van der Waals surface area contributed by atoms with Crippen molar-refractivity contribution in [3.63, 3.8) is 0 Å². The Kier molecular flexibility index (Phi) is 4.91. The van der Waals surface area contributed by atoms with Crippen molar-refractivity contribution in [1.82, 2.24) is 0 Å². The van der Waals surface area contributed by atoms with E-state index in [0.717, 1.165) is 37.3 Å². The SMILES string of the molecule is CCC1CCC(O)(CNc2ccc(C#N)c(Cl)c2)CC1. The van der Waals surface area contributed by atoms with Gasteiger partial charge < -0.3 is 10.4 Å². The van der Waals surface area contributed by atoms with Crippen molar-refractivity contribution in [3.8, 4) is 6.07 Å². The lowest BCUT2D eigenvalue weighted by Gasteiger charge is -2.36. The molecule has 108 valence electrons. The Morgan fingerprint density at radius 3 is 2.70 bits per heavy atom. The summed E-state index contributed by atoms with van der Waals surface area (Å²) in [4.78, 5) is 0. The maximum atomic E-state index is 10.6. The van der Waals surface area contributed by atoms with Gasteiger partial charge in [0.15, 0.2) is 0 Å². The quantitative estimate of drug-likeness (QED) is 0.883. The Balaban J connectivity index is 1.92. The van der Waals surface area contributed by atoms with Crippen LogP contribution in [0.2, 0.25) is 5.02 Å². The number of hydrogen-bond donors (Lipinski definition) is 2. The van der Waals surface area contributed by atoms with Gasteiger partial charge in [-0.25, -0.2) is 0 Å². The molecule has 0 amide bonds. The van der Waals surface area contributed by atoms with Crippen LogP contribution in [-0.4, -0.2) is 17.3 Å². The fourth-order valence-electron chi connectivity index (χ4n) is 2.78. The summed E-state index contributed by atoms with van der Waals surface area (Å²) in [5, 5.41) is 23.1. The molecule has 1 aromatic rings. The first-order valence-corrected chi connectivity index (χ1v) is 7.60. The lowest BCUT2D eigenvalue weighted by molar-refractivity contribution is 0.00229. The van der Waals surface area contributed by atoms with Crippen molar-refractivity contribution in [2.24, 2.45) is 5.92 Å². The Morgan fingerprint density at radius 2 is 2.15 bits per heavy atom. The zero-order valence-corrected chi connectivity index (χ0v) is 12.6. The largest absolute Gasteiger partial charge is 0.388 e. The average Bonchev–Trinajstić information content (AvgIpc) is 2.46. The second-order valence-corrected chi connectivity index (χ2v) is 6.14. The van der Waals surface area contributed by atoms with E-state index >= 15 is 0 Å². The van der Waals surface area contributed by atoms with Crippen molar-refractivity contribution in [2.75, 3.05) is 11.9 Å². The van der Waals surface area contributed by atoms with Crippen molar-refractivity contribution < 1.29 is 5.11 Å². The zero-order chi connectivity index (χ0) is 14.6. The summed E-state index contributed by atoms with van der Waals surface area (Å²) in [6.07, 6.45) is 5.10. The van der Waals surface area contributed by atoms with E-state index in [1.165, 1.54) is 6.42 Å². The summed E-state index contributed by atoms with van der Waals surface area (Å²) in [6, 6.07) is 7.30. The van der Waals surface area contributed by atoms with Gasteiger partial charge in [0.1, 0.15) is 6.07 Å². The standard InChI is InChI=1S/C16H21ClN2O/c1-2-12-5-7-16(20,8-6-12)11-19-14-4-3-13(10-18)15(17)9-14/h3-4,9,12,19-20H,2,5-8,11H2,1H3. The molecule has 0 saturated heterocycles. The van der Waals surface area contributed by atoms with Crippen LogP contribution < -0.4 is 5.32 Å². The van der Waals surface area contributed by atoms with Crippen LogP contribution >= 0.6 is 11.6 Å². The minimum atomic E-state index is -0.619. The number of hydrogen-bond acceptors (Lipinski definition) is 3. The number of nitrogens with one attached hydrogen (secondary N) is 1. The lowest BCUT2D eigenvalue weighted by Crippen LogP contribution is -2.40. The Hall–Kier alpha value is -1.24. The fourth-order valence-corrected chi connectivity index (χ4v) is 3.01. The Morgan fingerprint density at radius 1 is 1.45 bits per heavy atom. The van der Waals surface area contributed by atoms with Crippen molar-refractivity contribution in [2.45, 2.75) is 44.6 Å². The highest BCUT2D eigenvalue weighted by Crippen LogP contribution is 2.34. The van der Waals surface area contributed by atoms with E-state index in [-0.39, 0.29) is 0 Å². The van der Waals surface area contributed by atoms with E-state index < -0.39 is 5.60 Å². The molecule has 0 unspecified atom stereocenters. The predicted molar refractivity (Wildman–Crippen MR) is 81.9 cm³/mol. The molecule has 2 rings (SSSR count). The van der Waals surface area contributed by atoms with Crippen molar-refractivity contribution >= 4 is 17.3 Å². The van der Waals surface area contributed by atoms with Crippen LogP contribution in [0, 0.1) is 17.2 Å². The van der Waals surface area contributed by atoms with Gasteiger partial charge in [-0.3, -0.25) is 0 Å². The zero-order valence-electron chi connectivity index (χ0n) is 11.8. The van der Waals surface area contributed by atoms with Gasteiger partial charge >= 0.3 is 0 Å². The highest BCUT2D eigenvalue weighted by molar-refractivity contribution is 6.32. The number of nitrogens with zero attached hydrogens (tertiary/aromatic N) is 1. The highest BCUT2D eigenvalue weighted by atomic mass is 35.5. The summed E-state index contributed by atoms with van der Waals surface area (Å²) in [6.45, 7) is 2.75. The second kappa shape index (κ2) is 6.47. The molecule has 0 bridgehead atoms. The molecule has 0 radical (unpaired) electrons. The van der Waals surface area contributed by atoms with Crippen LogP contribution in [0.4, 0.5) is 5.69 Å². The molecule has 1 saturated carbocycles. The molecule has 1 aliphatic rings. The lowest BCUT2D eigenvalue weighted by atomic mass is 9.78. The predicted octanol–water partition coefficient (Wildman–Crippen LogP) is 3.95. The van der Waals surface area contributed by atoms with Crippen LogP contribution in [-0.2, 0) is 0 Å². The maximum Gasteiger partial charge on any atom is 0.101 e. The van der Waals surface area contributed by atoms with E-state index in [1.54, 1.807) is 12.1 Å². The molecular formula is C16H21ClN2O. The molecule has 1 aliphatic carbocycles. The molecule has 1 aromatic carbocycles. The Labute approximate surface area is 125 Å². The highest BCUT2D eigenvalue weighted by Gasteiger charge is 2.32. The Bertz CT molecular complexity index is 502. The molecule has 0 heterocycles. The van der Waals surface area contributed by atoms with E-state index in [4.69, 9.17) is 16.9 Å². The first-order chi connectivity index (χ1) is 9.56. The minimum absolute atomic E-state index is 0.444. The molecule has 4 heteroatoms. The molecule has 1 fully saturated rings. The van der Waals surface area contributed by atoms with Crippen molar-refractivity contribution in [3.05, 3.63) is 28.8 Å². The van der Waals surface area contributed by atoms with Gasteiger partial charge in [-0.05, 0) is 49.8 Å². The van der Waals surface area contributed by atoms with Gasteiger partial charge in [0.05, 0.1) is 16.2 Å². The molecule has 0 spiro atoms. The molecule has 0 aliphatic heterocycles. The maximum absolute atomic E-state index is 10.6. The number of benzene rings is 1. The number of halogens is 1. The van der Waals surface area contributed by atoms with E-state index in [1.807, 2.05) is 12.1 Å². The van der Waals surface area contributed by atoms with Crippen LogP contribution in [0.25, 0.3) is 0 Å². The summed E-state index contributed by atoms with van der Waals surface area (Å²) in [7, 11) is 0. The second-order valence-electron chi connectivity index (χ2n) is 5.74. The van der Waals surface area contributed by atoms with E-state index in [0.29, 0.717) is 17.1 Å². The number of rotatable bonds is 4. The van der Waals surface area contributed by atoms with Crippen LogP contribution in [0.3, 0.4) is 0 Å². The third-order valence-electron chi connectivity index (χ3n) is 4.32. The van der Waals surface area contributed by atoms with Crippen molar-refractivity contribution in [1.29, 1.82) is 5.26 Å². The number of anilines is 1. The van der Waals surface area contributed by atoms with Gasteiger partial charge in [-0.1, -0.05) is 24.9 Å². The van der Waals surface area contributed by atoms with Crippen LogP contribution in [0.15, 0.2) is 18.2 Å². The molecule has 0 aromatic heterocycles.